The number of halogens is 2. The number of nitrogens with zero attached hydrogens (tertiary/aromatic N) is 1. The Hall–Kier alpha value is -0.220. The van der Waals surface area contributed by atoms with E-state index in [1.807, 2.05) is 0 Å². The van der Waals surface area contributed by atoms with Crippen molar-refractivity contribution in [2.45, 2.75) is 44.3 Å². The Labute approximate surface area is 77.5 Å². The summed E-state index contributed by atoms with van der Waals surface area (Å²) in [5, 5.41) is 9.57. The van der Waals surface area contributed by atoms with Crippen molar-refractivity contribution in [3.8, 4) is 0 Å². The Kier molecular flexibility index (Phi) is 4.06. The summed E-state index contributed by atoms with van der Waals surface area (Å²) in [6.45, 7) is -0.234. The van der Waals surface area contributed by atoms with Gasteiger partial charge in [-0.1, -0.05) is 12.8 Å². The number of aliphatic hydroxyl groups is 1. The highest BCUT2D eigenvalue weighted by Gasteiger charge is 2.27. The van der Waals surface area contributed by atoms with E-state index in [2.05, 4.69) is 0 Å². The third-order valence-corrected chi connectivity index (χ3v) is 2.69. The average molecular weight is 193 g/mol. The molecule has 0 radical (unpaired) electrons. The van der Waals surface area contributed by atoms with Gasteiger partial charge in [0.2, 0.25) is 0 Å². The summed E-state index contributed by atoms with van der Waals surface area (Å²) in [5.41, 5.74) is 0. The van der Waals surface area contributed by atoms with Crippen molar-refractivity contribution in [1.29, 1.82) is 0 Å². The fraction of sp³-hybridized carbons (Fsp3) is 1.00. The van der Waals surface area contributed by atoms with E-state index in [0.29, 0.717) is 0 Å². The molecule has 0 spiro atoms. The highest BCUT2D eigenvalue weighted by atomic mass is 19.3. The van der Waals surface area contributed by atoms with Crippen LogP contribution in [0.5, 0.6) is 0 Å². The van der Waals surface area contributed by atoms with Crippen LogP contribution in [-0.2, 0) is 0 Å². The lowest BCUT2D eigenvalue weighted by molar-refractivity contribution is 0.00394. The van der Waals surface area contributed by atoms with Gasteiger partial charge in [-0.25, -0.2) is 8.78 Å². The summed E-state index contributed by atoms with van der Waals surface area (Å²) < 4.78 is 24.1. The Morgan fingerprint density at radius 1 is 1.38 bits per heavy atom. The normalized spacial score (nSPS) is 30.0. The summed E-state index contributed by atoms with van der Waals surface area (Å²) in [6, 6.07) is -0.0669. The summed E-state index contributed by atoms with van der Waals surface area (Å²) in [6.07, 6.45) is 0.912. The topological polar surface area (TPSA) is 23.5 Å². The molecule has 4 heteroatoms. The van der Waals surface area contributed by atoms with Crippen molar-refractivity contribution >= 4 is 0 Å². The second kappa shape index (κ2) is 4.86. The average Bonchev–Trinajstić information content (AvgIpc) is 2.03. The molecule has 1 aliphatic rings. The molecule has 0 aliphatic heterocycles. The first-order valence-electron chi connectivity index (χ1n) is 4.77. The lowest BCUT2D eigenvalue weighted by Crippen LogP contribution is -2.45. The van der Waals surface area contributed by atoms with Crippen molar-refractivity contribution in [2.24, 2.45) is 0 Å². The van der Waals surface area contributed by atoms with Crippen molar-refractivity contribution in [1.82, 2.24) is 4.90 Å². The van der Waals surface area contributed by atoms with Crippen LogP contribution in [0.3, 0.4) is 0 Å². The summed E-state index contributed by atoms with van der Waals surface area (Å²) in [4.78, 5) is 1.58. The van der Waals surface area contributed by atoms with Gasteiger partial charge in [-0.05, 0) is 19.9 Å². The number of aliphatic hydroxyl groups excluding tert-OH is 1. The van der Waals surface area contributed by atoms with Gasteiger partial charge in [0.1, 0.15) is 0 Å². The Morgan fingerprint density at radius 2 is 2.00 bits per heavy atom. The maximum atomic E-state index is 12.0. The minimum absolute atomic E-state index is 0.0669. The Bertz CT molecular complexity index is 155. The van der Waals surface area contributed by atoms with Crippen LogP contribution in [0, 0.1) is 0 Å². The summed E-state index contributed by atoms with van der Waals surface area (Å²) in [7, 11) is 1.66. The van der Waals surface area contributed by atoms with Crippen LogP contribution >= 0.6 is 0 Å². The molecular formula is C9H17F2NO. The highest BCUT2D eigenvalue weighted by Crippen LogP contribution is 2.22. The van der Waals surface area contributed by atoms with Crippen LogP contribution in [-0.4, -0.2) is 42.2 Å². The highest BCUT2D eigenvalue weighted by molar-refractivity contribution is 4.81. The first kappa shape index (κ1) is 10.9. The quantitative estimate of drug-likeness (QED) is 0.734. The van der Waals surface area contributed by atoms with Gasteiger partial charge in [-0.15, -0.1) is 0 Å². The largest absolute Gasteiger partial charge is 0.391 e. The van der Waals surface area contributed by atoms with Crippen molar-refractivity contribution in [3.05, 3.63) is 0 Å². The third-order valence-electron chi connectivity index (χ3n) is 2.69. The second-order valence-electron chi connectivity index (χ2n) is 3.75. The molecular weight excluding hydrogens is 176 g/mol. The summed E-state index contributed by atoms with van der Waals surface area (Å²) >= 11 is 0. The number of alkyl halides is 2. The molecule has 0 aromatic rings. The van der Waals surface area contributed by atoms with E-state index in [1.165, 1.54) is 0 Å². The van der Waals surface area contributed by atoms with Gasteiger partial charge in [0.05, 0.1) is 12.6 Å². The van der Waals surface area contributed by atoms with Crippen LogP contribution in [0.15, 0.2) is 0 Å². The zero-order chi connectivity index (χ0) is 9.84. The van der Waals surface area contributed by atoms with E-state index in [1.54, 1.807) is 11.9 Å². The maximum absolute atomic E-state index is 12.0. The van der Waals surface area contributed by atoms with E-state index in [4.69, 9.17) is 0 Å². The zero-order valence-electron chi connectivity index (χ0n) is 7.92. The van der Waals surface area contributed by atoms with Crippen LogP contribution in [0.1, 0.15) is 25.7 Å². The SMILES string of the molecule is CN(CC(F)F)[C@H]1CCCC[C@@H]1O. The zero-order valence-corrected chi connectivity index (χ0v) is 7.92. The molecule has 0 aromatic heterocycles. The van der Waals surface area contributed by atoms with E-state index in [0.717, 1.165) is 25.7 Å². The minimum atomic E-state index is -2.31. The van der Waals surface area contributed by atoms with E-state index >= 15 is 0 Å². The van der Waals surface area contributed by atoms with E-state index in [9.17, 15) is 13.9 Å². The Morgan fingerprint density at radius 3 is 2.54 bits per heavy atom. The summed E-state index contributed by atoms with van der Waals surface area (Å²) in [5.74, 6) is 0. The molecule has 1 aliphatic carbocycles. The first-order valence-corrected chi connectivity index (χ1v) is 4.77. The van der Waals surface area contributed by atoms with Gasteiger partial charge in [0.15, 0.2) is 0 Å². The van der Waals surface area contributed by atoms with Crippen LogP contribution in [0.2, 0.25) is 0 Å². The maximum Gasteiger partial charge on any atom is 0.251 e. The van der Waals surface area contributed by atoms with Crippen LogP contribution < -0.4 is 0 Å². The molecule has 13 heavy (non-hydrogen) atoms. The number of hydrogen-bond donors (Lipinski definition) is 1. The van der Waals surface area contributed by atoms with Crippen LogP contribution in [0.25, 0.3) is 0 Å². The molecule has 0 heterocycles. The van der Waals surface area contributed by atoms with E-state index in [-0.39, 0.29) is 12.6 Å². The fourth-order valence-electron chi connectivity index (χ4n) is 1.96. The molecule has 2 nitrogen and oxygen atoms in total. The molecule has 0 unspecified atom stereocenters. The predicted molar refractivity (Wildman–Crippen MR) is 46.9 cm³/mol. The van der Waals surface area contributed by atoms with Gasteiger partial charge in [-0.2, -0.15) is 0 Å². The van der Waals surface area contributed by atoms with Crippen molar-refractivity contribution in [2.75, 3.05) is 13.6 Å². The monoisotopic (exact) mass is 193 g/mol. The molecule has 0 saturated heterocycles. The van der Waals surface area contributed by atoms with E-state index < -0.39 is 12.5 Å². The van der Waals surface area contributed by atoms with Crippen LogP contribution in [0.4, 0.5) is 8.78 Å². The standard InChI is InChI=1S/C9H17F2NO/c1-12(6-9(10)11)7-4-2-3-5-8(7)13/h7-9,13H,2-6H2,1H3/t7-,8-/m0/s1. The fourth-order valence-corrected chi connectivity index (χ4v) is 1.96. The van der Waals surface area contributed by atoms with Gasteiger partial charge in [-0.3, -0.25) is 4.90 Å². The molecule has 1 saturated carbocycles. The Balaban J connectivity index is 2.39. The molecule has 0 amide bonds. The molecule has 0 aromatic carbocycles. The van der Waals surface area contributed by atoms with Crippen molar-refractivity contribution in [3.63, 3.8) is 0 Å². The smallest absolute Gasteiger partial charge is 0.251 e. The first-order chi connectivity index (χ1) is 6.11. The molecule has 0 bridgehead atoms. The van der Waals surface area contributed by atoms with Gasteiger partial charge in [0.25, 0.3) is 6.43 Å². The van der Waals surface area contributed by atoms with Gasteiger partial charge in [0, 0.05) is 6.04 Å². The molecule has 2 atom stereocenters. The lowest BCUT2D eigenvalue weighted by atomic mass is 9.92. The van der Waals surface area contributed by atoms with Crippen molar-refractivity contribution < 1.29 is 13.9 Å². The number of likely N-dealkylation sites (N-methyl/N-ethyl adjacent to an activating group) is 1. The number of rotatable bonds is 3. The number of hydrogen-bond acceptors (Lipinski definition) is 2. The second-order valence-corrected chi connectivity index (χ2v) is 3.75. The lowest BCUT2D eigenvalue weighted by Gasteiger charge is -2.34. The molecule has 1 rings (SSSR count). The predicted octanol–water partition coefficient (Wildman–Crippen LogP) is 1.49. The minimum Gasteiger partial charge on any atom is -0.391 e. The third kappa shape index (κ3) is 3.19. The molecule has 1 fully saturated rings. The molecule has 1 N–H and O–H groups in total. The van der Waals surface area contributed by atoms with Gasteiger partial charge >= 0.3 is 0 Å². The van der Waals surface area contributed by atoms with Gasteiger partial charge < -0.3 is 5.11 Å². The molecule has 78 valence electrons.